The van der Waals surface area contributed by atoms with Crippen molar-refractivity contribution in [3.63, 3.8) is 0 Å². The van der Waals surface area contributed by atoms with E-state index in [0.717, 1.165) is 6.08 Å². The van der Waals surface area contributed by atoms with Gasteiger partial charge >= 0.3 is 5.84 Å². The van der Waals surface area contributed by atoms with Crippen molar-refractivity contribution in [2.24, 2.45) is 0 Å². The molecule has 0 spiro atoms. The summed E-state index contributed by atoms with van der Waals surface area (Å²) in [5, 5.41) is 19.8. The molecule has 1 rings (SSSR count). The first-order valence-corrected chi connectivity index (χ1v) is 4.41. The normalized spacial score (nSPS) is 16.2. The van der Waals surface area contributed by atoms with Crippen LogP contribution in [0.25, 0.3) is 0 Å². The third-order valence-corrected chi connectivity index (χ3v) is 2.10. The molecule has 7 nitrogen and oxygen atoms in total. The Morgan fingerprint density at radius 2 is 2.27 bits per heavy atom. The van der Waals surface area contributed by atoms with Crippen LogP contribution < -0.4 is 5.32 Å². The Kier molecular flexibility index (Phi) is 3.37. The van der Waals surface area contributed by atoms with Gasteiger partial charge in [-0.3, -0.25) is 4.79 Å². The summed E-state index contributed by atoms with van der Waals surface area (Å²) in [6, 6.07) is 0.129. The molecule has 0 bridgehead atoms. The smallest absolute Gasteiger partial charge is 0.357 e. The topological polar surface area (TPSA) is 99.3 Å². The van der Waals surface area contributed by atoms with Crippen LogP contribution in [0.1, 0.15) is 6.92 Å². The van der Waals surface area contributed by atoms with Crippen LogP contribution in [0.4, 0.5) is 0 Å². The molecule has 0 radical (unpaired) electrons. The van der Waals surface area contributed by atoms with Gasteiger partial charge in [-0.2, -0.15) is 0 Å². The van der Waals surface area contributed by atoms with Gasteiger partial charge in [0, 0.05) is 26.2 Å². The second-order valence-electron chi connectivity index (χ2n) is 3.26. The fourth-order valence-electron chi connectivity index (χ4n) is 1.17. The minimum absolute atomic E-state index is 0.0232. The second kappa shape index (κ2) is 4.54. The first-order chi connectivity index (χ1) is 7.00. The third-order valence-electron chi connectivity index (χ3n) is 2.10. The summed E-state index contributed by atoms with van der Waals surface area (Å²) in [6.45, 7) is 2.70. The van der Waals surface area contributed by atoms with Crippen LogP contribution in [0.2, 0.25) is 0 Å². The van der Waals surface area contributed by atoms with Crippen LogP contribution in [0.15, 0.2) is 12.3 Å². The van der Waals surface area contributed by atoms with Crippen molar-refractivity contribution in [2.75, 3.05) is 13.1 Å². The molecule has 7 heteroatoms. The van der Waals surface area contributed by atoms with Gasteiger partial charge in [0.15, 0.2) is 0 Å². The molecule has 0 atom stereocenters. The molecule has 0 unspecified atom stereocenters. The average molecular weight is 212 g/mol. The van der Waals surface area contributed by atoms with E-state index in [1.54, 1.807) is 4.90 Å². The standard InChI is InChI=1S/C8H12N4O3/c1-6(13)11-4-7(5-11)10-3-2-8(9)12(14)15/h2-3,7,9-10H,4-5H2,1H3/b3-2-,9-8?. The Morgan fingerprint density at radius 1 is 1.67 bits per heavy atom. The summed E-state index contributed by atoms with van der Waals surface area (Å²) in [4.78, 5) is 21.7. The summed E-state index contributed by atoms with van der Waals surface area (Å²) in [5.74, 6) is -0.639. The molecular weight excluding hydrogens is 200 g/mol. The predicted molar refractivity (Wildman–Crippen MR) is 53.0 cm³/mol. The summed E-state index contributed by atoms with van der Waals surface area (Å²) in [7, 11) is 0. The fourth-order valence-corrected chi connectivity index (χ4v) is 1.17. The first-order valence-electron chi connectivity index (χ1n) is 4.41. The van der Waals surface area contributed by atoms with Crippen LogP contribution in [0, 0.1) is 15.5 Å². The molecule has 0 aliphatic carbocycles. The number of carbonyl (C=O) groups is 1. The molecule has 0 aromatic rings. The SMILES string of the molecule is CC(=O)N1CC(N/C=C\C(=N)[N+](=O)[O-])C1. The van der Waals surface area contributed by atoms with E-state index in [4.69, 9.17) is 5.41 Å². The van der Waals surface area contributed by atoms with Crippen molar-refractivity contribution >= 4 is 11.7 Å². The van der Waals surface area contributed by atoms with Crippen molar-refractivity contribution in [3.05, 3.63) is 22.4 Å². The monoisotopic (exact) mass is 212 g/mol. The van der Waals surface area contributed by atoms with Crippen molar-refractivity contribution in [3.8, 4) is 0 Å². The van der Waals surface area contributed by atoms with Gasteiger partial charge in [-0.15, -0.1) is 0 Å². The van der Waals surface area contributed by atoms with Crippen LogP contribution >= 0.6 is 0 Å². The summed E-state index contributed by atoms with van der Waals surface area (Å²) >= 11 is 0. The van der Waals surface area contributed by atoms with Gasteiger partial charge in [-0.05, 0) is 4.92 Å². The number of amides is 1. The predicted octanol–water partition coefficient (Wildman–Crippen LogP) is -0.426. The Labute approximate surface area is 86.4 Å². The van der Waals surface area contributed by atoms with Crippen LogP contribution in [0.5, 0.6) is 0 Å². The van der Waals surface area contributed by atoms with Gasteiger partial charge in [0.05, 0.1) is 12.1 Å². The first kappa shape index (κ1) is 11.2. The van der Waals surface area contributed by atoms with Gasteiger partial charge in [0.1, 0.15) is 0 Å². The molecule has 1 saturated heterocycles. The molecule has 0 saturated carbocycles. The molecule has 1 aliphatic rings. The molecule has 1 heterocycles. The summed E-state index contributed by atoms with van der Waals surface area (Å²) < 4.78 is 0. The maximum Gasteiger partial charge on any atom is 0.357 e. The van der Waals surface area contributed by atoms with E-state index in [2.05, 4.69) is 5.32 Å². The van der Waals surface area contributed by atoms with E-state index in [-0.39, 0.29) is 11.9 Å². The second-order valence-corrected chi connectivity index (χ2v) is 3.26. The highest BCUT2D eigenvalue weighted by molar-refractivity contribution is 5.82. The van der Waals surface area contributed by atoms with Gasteiger partial charge in [0.2, 0.25) is 5.91 Å². The molecule has 1 aliphatic heterocycles. The highest BCUT2D eigenvalue weighted by Crippen LogP contribution is 2.06. The average Bonchev–Trinajstić information content (AvgIpc) is 2.07. The molecule has 82 valence electrons. The van der Waals surface area contributed by atoms with Crippen molar-refractivity contribution in [1.29, 1.82) is 5.41 Å². The van der Waals surface area contributed by atoms with Crippen LogP contribution in [-0.2, 0) is 4.79 Å². The molecule has 0 aromatic heterocycles. The zero-order valence-corrected chi connectivity index (χ0v) is 8.27. The van der Waals surface area contributed by atoms with Gasteiger partial charge in [-0.1, -0.05) is 5.41 Å². The van der Waals surface area contributed by atoms with Gasteiger partial charge < -0.3 is 20.3 Å². The minimum Gasteiger partial charge on any atom is -0.384 e. The summed E-state index contributed by atoms with van der Waals surface area (Å²) in [6.07, 6.45) is 2.45. The molecule has 15 heavy (non-hydrogen) atoms. The Bertz CT molecular complexity index is 320. The number of nitrogens with zero attached hydrogens (tertiary/aromatic N) is 2. The lowest BCUT2D eigenvalue weighted by Crippen LogP contribution is -2.58. The van der Waals surface area contributed by atoms with Crippen molar-refractivity contribution in [2.45, 2.75) is 13.0 Å². The number of nitrogens with one attached hydrogen (secondary N) is 2. The minimum atomic E-state index is -0.777. The van der Waals surface area contributed by atoms with E-state index in [1.807, 2.05) is 0 Å². The fraction of sp³-hybridized carbons (Fsp3) is 0.500. The largest absolute Gasteiger partial charge is 0.384 e. The van der Waals surface area contributed by atoms with E-state index in [0.29, 0.717) is 13.1 Å². The molecule has 1 fully saturated rings. The highest BCUT2D eigenvalue weighted by Gasteiger charge is 2.27. The number of nitro groups is 1. The number of carbonyl (C=O) groups excluding carboxylic acids is 1. The lowest BCUT2D eigenvalue weighted by atomic mass is 10.1. The zero-order valence-electron chi connectivity index (χ0n) is 8.27. The van der Waals surface area contributed by atoms with Crippen LogP contribution in [-0.4, -0.2) is 40.7 Å². The third kappa shape index (κ3) is 3.04. The van der Waals surface area contributed by atoms with E-state index in [1.165, 1.54) is 13.1 Å². The lowest BCUT2D eigenvalue weighted by molar-refractivity contribution is -0.349. The van der Waals surface area contributed by atoms with E-state index < -0.39 is 10.8 Å². The number of likely N-dealkylation sites (tertiary alicyclic amines) is 1. The van der Waals surface area contributed by atoms with Gasteiger partial charge in [0.25, 0.3) is 0 Å². The van der Waals surface area contributed by atoms with Crippen molar-refractivity contribution in [1.82, 2.24) is 10.2 Å². The highest BCUT2D eigenvalue weighted by atomic mass is 16.6. The number of hydrogen-bond acceptors (Lipinski definition) is 5. The number of amidine groups is 1. The maximum atomic E-state index is 10.8. The van der Waals surface area contributed by atoms with E-state index in [9.17, 15) is 14.9 Å². The van der Waals surface area contributed by atoms with Crippen LogP contribution in [0.3, 0.4) is 0 Å². The Balaban J connectivity index is 2.21. The molecule has 0 aromatic carbocycles. The number of rotatable bonds is 3. The molecule has 1 amide bonds. The molecular formula is C8H12N4O3. The Morgan fingerprint density at radius 3 is 2.73 bits per heavy atom. The zero-order chi connectivity index (χ0) is 11.4. The van der Waals surface area contributed by atoms with Crippen molar-refractivity contribution < 1.29 is 9.72 Å². The Hall–Kier alpha value is -1.92. The quantitative estimate of drug-likeness (QED) is 0.287. The van der Waals surface area contributed by atoms with E-state index >= 15 is 0 Å². The maximum absolute atomic E-state index is 10.8. The number of hydrogen-bond donors (Lipinski definition) is 2. The van der Waals surface area contributed by atoms with Gasteiger partial charge in [-0.25, -0.2) is 0 Å². The molecule has 2 N–H and O–H groups in total. The lowest BCUT2D eigenvalue weighted by Gasteiger charge is -2.38. The summed E-state index contributed by atoms with van der Waals surface area (Å²) in [5.41, 5.74) is 0.